The van der Waals surface area contributed by atoms with Gasteiger partial charge in [0.05, 0.1) is 6.54 Å². The summed E-state index contributed by atoms with van der Waals surface area (Å²) in [5, 5.41) is 3.31. The number of hydrogen-bond acceptors (Lipinski definition) is 5. The number of nitrogens with zero attached hydrogens (tertiary/aromatic N) is 2. The molecular formula is C19H23N3O4. The smallest absolute Gasteiger partial charge is 0.255 e. The highest BCUT2D eigenvalue weighted by Crippen LogP contribution is 2.35. The molecule has 1 aromatic carbocycles. The largest absolute Gasteiger partial charge is 0.490 e. The highest BCUT2D eigenvalue weighted by molar-refractivity contribution is 6.05. The van der Waals surface area contributed by atoms with Crippen molar-refractivity contribution in [2.45, 2.75) is 44.4 Å². The molecule has 0 aromatic heterocycles. The van der Waals surface area contributed by atoms with Gasteiger partial charge in [0.1, 0.15) is 17.9 Å². The van der Waals surface area contributed by atoms with Crippen molar-refractivity contribution in [3.63, 3.8) is 0 Å². The van der Waals surface area contributed by atoms with Gasteiger partial charge in [-0.15, -0.1) is 0 Å². The highest BCUT2D eigenvalue weighted by atomic mass is 16.5. The summed E-state index contributed by atoms with van der Waals surface area (Å²) in [6, 6.07) is 4.93. The molecule has 1 aromatic rings. The predicted octanol–water partition coefficient (Wildman–Crippen LogP) is 0.921. The van der Waals surface area contributed by atoms with Crippen molar-refractivity contribution < 1.29 is 19.1 Å². The lowest BCUT2D eigenvalue weighted by atomic mass is 10.0. The average Bonchev–Trinajstić information content (AvgIpc) is 2.99. The SMILES string of the molecule is CN1C(=O)CCC(N2Cc3c(OC4CCNCC4)cccc3C2=O)C1=O. The summed E-state index contributed by atoms with van der Waals surface area (Å²) in [6.07, 6.45) is 2.69. The van der Waals surface area contributed by atoms with Gasteiger partial charge in [0.25, 0.3) is 11.8 Å². The van der Waals surface area contributed by atoms with Crippen LogP contribution in [0.2, 0.25) is 0 Å². The van der Waals surface area contributed by atoms with Crippen molar-refractivity contribution in [1.29, 1.82) is 0 Å². The number of likely N-dealkylation sites (tertiary alicyclic amines) is 1. The van der Waals surface area contributed by atoms with Crippen LogP contribution in [0.4, 0.5) is 0 Å². The third-order valence-corrected chi connectivity index (χ3v) is 5.53. The van der Waals surface area contributed by atoms with E-state index in [1.165, 1.54) is 7.05 Å². The van der Waals surface area contributed by atoms with Crippen LogP contribution >= 0.6 is 0 Å². The molecule has 7 nitrogen and oxygen atoms in total. The molecule has 3 heterocycles. The number of carbonyl (C=O) groups is 3. The van der Waals surface area contributed by atoms with Crippen LogP contribution < -0.4 is 10.1 Å². The standard InChI is InChI=1S/C19H23N3O4/c1-21-17(23)6-5-15(19(21)25)22-11-14-13(18(22)24)3-2-4-16(14)26-12-7-9-20-10-8-12/h2-4,12,15,20H,5-11H2,1H3. The van der Waals surface area contributed by atoms with Crippen LogP contribution in [0.3, 0.4) is 0 Å². The first-order chi connectivity index (χ1) is 12.6. The van der Waals surface area contributed by atoms with E-state index in [0.29, 0.717) is 18.5 Å². The molecule has 2 fully saturated rings. The highest BCUT2D eigenvalue weighted by Gasteiger charge is 2.42. The Bertz CT molecular complexity index is 757. The summed E-state index contributed by atoms with van der Waals surface area (Å²) in [5.74, 6) is 0.0865. The number of hydrogen-bond donors (Lipinski definition) is 1. The lowest BCUT2D eigenvalue weighted by Crippen LogP contribution is -2.53. The van der Waals surface area contributed by atoms with Crippen molar-refractivity contribution in [2.24, 2.45) is 0 Å². The second-order valence-electron chi connectivity index (χ2n) is 7.13. The van der Waals surface area contributed by atoms with Gasteiger partial charge < -0.3 is 15.0 Å². The van der Waals surface area contributed by atoms with Gasteiger partial charge in [-0.25, -0.2) is 0 Å². The second-order valence-corrected chi connectivity index (χ2v) is 7.13. The molecule has 3 amide bonds. The number of piperidine rings is 2. The maximum atomic E-state index is 12.9. The minimum absolute atomic E-state index is 0.145. The number of nitrogens with one attached hydrogen (secondary N) is 1. The Labute approximate surface area is 152 Å². The van der Waals surface area contributed by atoms with E-state index in [4.69, 9.17) is 4.74 Å². The van der Waals surface area contributed by atoms with Crippen molar-refractivity contribution in [1.82, 2.24) is 15.1 Å². The normalized spacial score (nSPS) is 24.2. The van der Waals surface area contributed by atoms with Crippen molar-refractivity contribution >= 4 is 17.7 Å². The van der Waals surface area contributed by atoms with Gasteiger partial charge in [0.15, 0.2) is 0 Å². The van der Waals surface area contributed by atoms with Gasteiger partial charge in [-0.3, -0.25) is 19.3 Å². The van der Waals surface area contributed by atoms with Crippen molar-refractivity contribution in [3.8, 4) is 5.75 Å². The quantitative estimate of drug-likeness (QED) is 0.814. The van der Waals surface area contributed by atoms with Gasteiger partial charge in [-0.05, 0) is 44.5 Å². The van der Waals surface area contributed by atoms with E-state index in [9.17, 15) is 14.4 Å². The Morgan fingerprint density at radius 1 is 1.12 bits per heavy atom. The van der Waals surface area contributed by atoms with E-state index in [-0.39, 0.29) is 30.2 Å². The molecule has 7 heteroatoms. The number of ether oxygens (including phenoxy) is 1. The first-order valence-corrected chi connectivity index (χ1v) is 9.17. The molecule has 0 radical (unpaired) electrons. The van der Waals surface area contributed by atoms with Gasteiger partial charge in [-0.2, -0.15) is 0 Å². The lowest BCUT2D eigenvalue weighted by Gasteiger charge is -2.33. The van der Waals surface area contributed by atoms with Crippen LogP contribution in [-0.2, 0) is 16.1 Å². The minimum Gasteiger partial charge on any atom is -0.490 e. The fourth-order valence-electron chi connectivity index (χ4n) is 3.97. The fourth-order valence-corrected chi connectivity index (χ4v) is 3.97. The third-order valence-electron chi connectivity index (χ3n) is 5.53. The molecule has 1 atom stereocenters. The zero-order valence-corrected chi connectivity index (χ0v) is 14.9. The lowest BCUT2D eigenvalue weighted by molar-refractivity contribution is -0.150. The van der Waals surface area contributed by atoms with E-state index in [2.05, 4.69) is 5.32 Å². The summed E-state index contributed by atoms with van der Waals surface area (Å²) in [7, 11) is 1.48. The van der Waals surface area contributed by atoms with Gasteiger partial charge in [-0.1, -0.05) is 6.07 Å². The summed E-state index contributed by atoms with van der Waals surface area (Å²) in [6.45, 7) is 2.22. The number of imide groups is 1. The molecular weight excluding hydrogens is 334 g/mol. The molecule has 2 saturated heterocycles. The van der Waals surface area contributed by atoms with Crippen molar-refractivity contribution in [3.05, 3.63) is 29.3 Å². The van der Waals surface area contributed by atoms with Gasteiger partial charge >= 0.3 is 0 Å². The topological polar surface area (TPSA) is 79.0 Å². The number of carbonyl (C=O) groups excluding carboxylic acids is 3. The fraction of sp³-hybridized carbons (Fsp3) is 0.526. The monoisotopic (exact) mass is 357 g/mol. The summed E-state index contributed by atoms with van der Waals surface area (Å²) in [5.41, 5.74) is 1.45. The Morgan fingerprint density at radius 3 is 2.65 bits per heavy atom. The molecule has 4 rings (SSSR count). The van der Waals surface area contributed by atoms with Crippen LogP contribution in [0.5, 0.6) is 5.75 Å². The number of benzene rings is 1. The number of amides is 3. The minimum atomic E-state index is -0.579. The maximum absolute atomic E-state index is 12.9. The van der Waals surface area contributed by atoms with Crippen LogP contribution in [-0.4, -0.2) is 59.8 Å². The molecule has 0 saturated carbocycles. The molecule has 138 valence electrons. The van der Waals surface area contributed by atoms with E-state index in [1.54, 1.807) is 11.0 Å². The number of likely N-dealkylation sites (N-methyl/N-ethyl adjacent to an activating group) is 1. The summed E-state index contributed by atoms with van der Waals surface area (Å²) in [4.78, 5) is 39.8. The Morgan fingerprint density at radius 2 is 1.88 bits per heavy atom. The van der Waals surface area contributed by atoms with Gasteiger partial charge in [0.2, 0.25) is 5.91 Å². The Kier molecular flexibility index (Phi) is 4.40. The van der Waals surface area contributed by atoms with Crippen LogP contribution in [0, 0.1) is 0 Å². The third kappa shape index (κ3) is 2.86. The molecule has 0 aliphatic carbocycles. The molecule has 3 aliphatic heterocycles. The molecule has 0 spiro atoms. The van der Waals surface area contributed by atoms with E-state index >= 15 is 0 Å². The number of rotatable bonds is 3. The van der Waals surface area contributed by atoms with E-state index < -0.39 is 6.04 Å². The van der Waals surface area contributed by atoms with Gasteiger partial charge in [0, 0.05) is 24.6 Å². The average molecular weight is 357 g/mol. The van der Waals surface area contributed by atoms with Crippen LogP contribution in [0.15, 0.2) is 18.2 Å². The molecule has 1 N–H and O–H groups in total. The molecule has 26 heavy (non-hydrogen) atoms. The number of fused-ring (bicyclic) bond motifs is 1. The first kappa shape index (κ1) is 17.0. The van der Waals surface area contributed by atoms with E-state index in [1.807, 2.05) is 12.1 Å². The zero-order chi connectivity index (χ0) is 18.3. The molecule has 3 aliphatic rings. The first-order valence-electron chi connectivity index (χ1n) is 9.17. The Hall–Kier alpha value is -2.41. The van der Waals surface area contributed by atoms with Crippen LogP contribution in [0.25, 0.3) is 0 Å². The van der Waals surface area contributed by atoms with Crippen molar-refractivity contribution in [2.75, 3.05) is 20.1 Å². The van der Waals surface area contributed by atoms with E-state index in [0.717, 1.165) is 42.1 Å². The molecule has 1 unspecified atom stereocenters. The second kappa shape index (κ2) is 6.72. The summed E-state index contributed by atoms with van der Waals surface area (Å²) >= 11 is 0. The maximum Gasteiger partial charge on any atom is 0.255 e. The molecule has 0 bridgehead atoms. The van der Waals surface area contributed by atoms with Crippen LogP contribution in [0.1, 0.15) is 41.6 Å². The predicted molar refractivity (Wildman–Crippen MR) is 93.6 cm³/mol. The Balaban J connectivity index is 1.56. The summed E-state index contributed by atoms with van der Waals surface area (Å²) < 4.78 is 6.18. The zero-order valence-electron chi connectivity index (χ0n) is 14.9.